The van der Waals surface area contributed by atoms with Crippen LogP contribution in [0.25, 0.3) is 10.8 Å². The fourth-order valence-corrected chi connectivity index (χ4v) is 2.91. The Kier molecular flexibility index (Phi) is 6.21. The molecule has 0 bridgehead atoms. The van der Waals surface area contributed by atoms with Gasteiger partial charge in [-0.05, 0) is 29.0 Å². The van der Waals surface area contributed by atoms with Gasteiger partial charge in [0.1, 0.15) is 11.3 Å². The van der Waals surface area contributed by atoms with Crippen molar-refractivity contribution in [3.05, 3.63) is 71.8 Å². The van der Waals surface area contributed by atoms with Gasteiger partial charge in [-0.3, -0.25) is 15.0 Å². The van der Waals surface area contributed by atoms with Gasteiger partial charge in [-0.15, -0.1) is 0 Å². The Balaban J connectivity index is 1.93. The van der Waals surface area contributed by atoms with Crippen LogP contribution in [0.4, 0.5) is 5.69 Å². The Morgan fingerprint density at radius 2 is 1.71 bits per heavy atom. The maximum atomic E-state index is 12.9. The van der Waals surface area contributed by atoms with Gasteiger partial charge in [0.25, 0.3) is 11.8 Å². The molecule has 0 spiro atoms. The van der Waals surface area contributed by atoms with E-state index in [1.807, 2.05) is 36.4 Å². The summed E-state index contributed by atoms with van der Waals surface area (Å²) >= 11 is 0. The third-order valence-electron chi connectivity index (χ3n) is 4.19. The van der Waals surface area contributed by atoms with Crippen molar-refractivity contribution in [3.8, 4) is 5.75 Å². The number of aliphatic hydroxyl groups is 1. The average molecular weight is 379 g/mol. The molecule has 7 heteroatoms. The molecule has 0 aliphatic rings. The molecule has 4 N–H and O–H groups in total. The van der Waals surface area contributed by atoms with Gasteiger partial charge < -0.3 is 15.2 Å². The van der Waals surface area contributed by atoms with Crippen molar-refractivity contribution in [1.29, 1.82) is 0 Å². The first-order valence-corrected chi connectivity index (χ1v) is 8.76. The minimum absolute atomic E-state index is 0.128. The van der Waals surface area contributed by atoms with Crippen LogP contribution < -0.4 is 20.9 Å². The highest BCUT2D eigenvalue weighted by atomic mass is 16.5. The Hall–Kier alpha value is -3.42. The summed E-state index contributed by atoms with van der Waals surface area (Å²) in [6.45, 7) is 0.0649. The van der Waals surface area contributed by atoms with E-state index < -0.39 is 5.91 Å². The van der Waals surface area contributed by atoms with Gasteiger partial charge in [0, 0.05) is 12.1 Å². The molecular weight excluding hydrogens is 358 g/mol. The smallest absolute Gasteiger partial charge is 0.271 e. The molecule has 0 heterocycles. The van der Waals surface area contributed by atoms with Crippen molar-refractivity contribution in [1.82, 2.24) is 10.9 Å². The Morgan fingerprint density at radius 3 is 2.50 bits per heavy atom. The molecule has 0 saturated heterocycles. The molecule has 0 fully saturated rings. The number of carbonyl (C=O) groups excluding carboxylic acids is 2. The molecule has 2 amide bonds. The lowest BCUT2D eigenvalue weighted by molar-refractivity contribution is 0.0928. The molecule has 0 atom stereocenters. The van der Waals surface area contributed by atoms with Crippen LogP contribution in [0.5, 0.6) is 5.75 Å². The highest BCUT2D eigenvalue weighted by molar-refractivity contribution is 6.15. The Labute approximate surface area is 162 Å². The minimum atomic E-state index is -0.487. The summed E-state index contributed by atoms with van der Waals surface area (Å²) in [5.74, 6) is -0.499. The number of fused-ring (bicyclic) bond motifs is 1. The van der Waals surface area contributed by atoms with E-state index in [1.165, 1.54) is 7.11 Å². The summed E-state index contributed by atoms with van der Waals surface area (Å²) in [6.07, 6.45) is 0. The number of amides is 2. The molecule has 3 aromatic carbocycles. The predicted octanol–water partition coefficient (Wildman–Crippen LogP) is 2.33. The monoisotopic (exact) mass is 379 g/mol. The Morgan fingerprint density at radius 1 is 0.964 bits per heavy atom. The van der Waals surface area contributed by atoms with Crippen molar-refractivity contribution in [2.24, 2.45) is 0 Å². The van der Waals surface area contributed by atoms with Crippen molar-refractivity contribution in [2.45, 2.75) is 0 Å². The standard InChI is InChI=1S/C21H21N3O4/c1-28-18-11-5-10-17(19(18)21(27)24-22-12-13-25)23-20(26)16-9-4-7-14-6-2-3-8-15(14)16/h2-11,22,25H,12-13H2,1H3,(H,23,26)(H,24,27). The maximum Gasteiger partial charge on any atom is 0.271 e. The minimum Gasteiger partial charge on any atom is -0.496 e. The van der Waals surface area contributed by atoms with Crippen LogP contribution in [0.1, 0.15) is 20.7 Å². The van der Waals surface area contributed by atoms with Crippen LogP contribution in [0, 0.1) is 0 Å². The molecule has 0 radical (unpaired) electrons. The fourth-order valence-electron chi connectivity index (χ4n) is 2.91. The molecule has 7 nitrogen and oxygen atoms in total. The number of methoxy groups -OCH3 is 1. The summed E-state index contributed by atoms with van der Waals surface area (Å²) < 4.78 is 5.28. The largest absolute Gasteiger partial charge is 0.496 e. The number of ether oxygens (including phenoxy) is 1. The second kappa shape index (κ2) is 8.98. The van der Waals surface area contributed by atoms with Gasteiger partial charge in [-0.25, -0.2) is 5.43 Å². The van der Waals surface area contributed by atoms with Crippen LogP contribution in [0.15, 0.2) is 60.7 Å². The number of aliphatic hydroxyl groups excluding tert-OH is 1. The van der Waals surface area contributed by atoms with E-state index in [0.29, 0.717) is 17.0 Å². The molecule has 0 unspecified atom stereocenters. The molecule has 3 rings (SSSR count). The number of rotatable bonds is 7. The molecule has 3 aromatic rings. The first-order valence-electron chi connectivity index (χ1n) is 8.76. The predicted molar refractivity (Wildman–Crippen MR) is 107 cm³/mol. The first kappa shape index (κ1) is 19.3. The number of hydrazine groups is 1. The van der Waals surface area contributed by atoms with Gasteiger partial charge in [-0.1, -0.05) is 42.5 Å². The van der Waals surface area contributed by atoms with Crippen molar-refractivity contribution >= 4 is 28.3 Å². The molecule has 28 heavy (non-hydrogen) atoms. The topological polar surface area (TPSA) is 99.7 Å². The fraction of sp³-hybridized carbons (Fsp3) is 0.143. The third-order valence-corrected chi connectivity index (χ3v) is 4.19. The van der Waals surface area contributed by atoms with Crippen molar-refractivity contribution in [3.63, 3.8) is 0 Å². The molecule has 0 aliphatic heterocycles. The van der Waals surface area contributed by atoms with Crippen LogP contribution >= 0.6 is 0 Å². The Bertz CT molecular complexity index is 999. The van der Waals surface area contributed by atoms with Crippen LogP contribution in [-0.2, 0) is 0 Å². The quantitative estimate of drug-likeness (QED) is 0.373. The summed E-state index contributed by atoms with van der Waals surface area (Å²) in [7, 11) is 1.45. The van der Waals surface area contributed by atoms with Crippen molar-refractivity contribution < 1.29 is 19.4 Å². The second-order valence-corrected chi connectivity index (χ2v) is 5.97. The van der Waals surface area contributed by atoms with Gasteiger partial charge in [0.2, 0.25) is 0 Å². The van der Waals surface area contributed by atoms with E-state index in [2.05, 4.69) is 16.2 Å². The van der Waals surface area contributed by atoms with Gasteiger partial charge in [-0.2, -0.15) is 0 Å². The third kappa shape index (κ3) is 4.11. The van der Waals surface area contributed by atoms with Crippen LogP contribution in [-0.4, -0.2) is 37.2 Å². The zero-order valence-electron chi connectivity index (χ0n) is 15.4. The molecule has 0 saturated carbocycles. The lowest BCUT2D eigenvalue weighted by atomic mass is 10.0. The van der Waals surface area contributed by atoms with E-state index in [9.17, 15) is 9.59 Å². The second-order valence-electron chi connectivity index (χ2n) is 5.97. The van der Waals surface area contributed by atoms with E-state index in [1.54, 1.807) is 24.3 Å². The highest BCUT2D eigenvalue weighted by Gasteiger charge is 2.20. The normalized spacial score (nSPS) is 10.5. The number of benzene rings is 3. The average Bonchev–Trinajstić information content (AvgIpc) is 2.73. The van der Waals surface area contributed by atoms with Crippen LogP contribution in [0.2, 0.25) is 0 Å². The number of nitrogens with one attached hydrogen (secondary N) is 3. The number of hydrogen-bond donors (Lipinski definition) is 4. The SMILES string of the molecule is COc1cccc(NC(=O)c2cccc3ccccc23)c1C(=O)NNCCO. The number of carbonyl (C=O) groups is 2. The van der Waals surface area contributed by atoms with Crippen LogP contribution in [0.3, 0.4) is 0 Å². The zero-order chi connectivity index (χ0) is 19.9. The van der Waals surface area contributed by atoms with Gasteiger partial charge in [0.15, 0.2) is 0 Å². The maximum absolute atomic E-state index is 12.9. The molecular formula is C21H21N3O4. The summed E-state index contributed by atoms with van der Waals surface area (Å²) in [5.41, 5.74) is 6.09. The number of anilines is 1. The first-order chi connectivity index (χ1) is 13.7. The molecule has 144 valence electrons. The summed E-state index contributed by atoms with van der Waals surface area (Å²) in [5, 5.41) is 13.4. The van der Waals surface area contributed by atoms with E-state index >= 15 is 0 Å². The highest BCUT2D eigenvalue weighted by Crippen LogP contribution is 2.27. The van der Waals surface area contributed by atoms with E-state index in [-0.39, 0.29) is 24.6 Å². The van der Waals surface area contributed by atoms with E-state index in [4.69, 9.17) is 9.84 Å². The van der Waals surface area contributed by atoms with E-state index in [0.717, 1.165) is 10.8 Å². The van der Waals surface area contributed by atoms with Crippen molar-refractivity contribution in [2.75, 3.05) is 25.6 Å². The summed E-state index contributed by atoms with van der Waals surface area (Å²) in [4.78, 5) is 25.5. The lowest BCUT2D eigenvalue weighted by Gasteiger charge is -2.15. The summed E-state index contributed by atoms with van der Waals surface area (Å²) in [6, 6.07) is 18.0. The van der Waals surface area contributed by atoms with Gasteiger partial charge in [0.05, 0.1) is 19.4 Å². The molecule has 0 aliphatic carbocycles. The van der Waals surface area contributed by atoms with Gasteiger partial charge >= 0.3 is 0 Å². The number of hydrogen-bond acceptors (Lipinski definition) is 5. The zero-order valence-corrected chi connectivity index (χ0v) is 15.4. The lowest BCUT2D eigenvalue weighted by Crippen LogP contribution is -2.39. The molecule has 0 aromatic heterocycles.